The predicted octanol–water partition coefficient (Wildman–Crippen LogP) is 8.94. The van der Waals surface area contributed by atoms with Crippen LogP contribution in [-0.4, -0.2) is 14.1 Å². The standard InChI is InChI=1S/C35H23N3/c1-2-11-26(12-3-1)37-32-17-6-5-15-29(32)31-23-25(19-20-34(31)37)24-10-8-13-27(22-24)38-33-18-7-4-14-28(33)30-16-9-21-36-35(30)38/h1-23H. The van der Waals surface area contributed by atoms with Gasteiger partial charge in [-0.1, -0.05) is 72.8 Å². The zero-order valence-electron chi connectivity index (χ0n) is 20.6. The lowest BCUT2D eigenvalue weighted by Gasteiger charge is -2.10. The second-order valence-corrected chi connectivity index (χ2v) is 9.70. The minimum Gasteiger partial charge on any atom is -0.309 e. The first-order valence-corrected chi connectivity index (χ1v) is 12.9. The summed E-state index contributed by atoms with van der Waals surface area (Å²) in [7, 11) is 0. The summed E-state index contributed by atoms with van der Waals surface area (Å²) in [6, 6.07) is 47.6. The van der Waals surface area contributed by atoms with Gasteiger partial charge in [-0.15, -0.1) is 0 Å². The van der Waals surface area contributed by atoms with Crippen LogP contribution in [0.15, 0.2) is 140 Å². The lowest BCUT2D eigenvalue weighted by atomic mass is 10.0. The van der Waals surface area contributed by atoms with Crippen LogP contribution >= 0.6 is 0 Å². The summed E-state index contributed by atoms with van der Waals surface area (Å²) in [5, 5.41) is 4.90. The Morgan fingerprint density at radius 2 is 1.03 bits per heavy atom. The molecule has 178 valence electrons. The Hall–Kier alpha value is -5.15. The van der Waals surface area contributed by atoms with Crippen LogP contribution in [0.25, 0.3) is 66.2 Å². The average Bonchev–Trinajstić information content (AvgIpc) is 3.50. The molecule has 8 aromatic rings. The molecule has 0 radical (unpaired) electrons. The van der Waals surface area contributed by atoms with Gasteiger partial charge in [-0.2, -0.15) is 0 Å². The van der Waals surface area contributed by atoms with E-state index in [0.717, 1.165) is 11.3 Å². The van der Waals surface area contributed by atoms with Gasteiger partial charge in [-0.25, -0.2) is 4.98 Å². The first kappa shape index (κ1) is 21.0. The van der Waals surface area contributed by atoms with Crippen molar-refractivity contribution >= 4 is 43.7 Å². The van der Waals surface area contributed by atoms with Crippen LogP contribution < -0.4 is 0 Å². The zero-order valence-corrected chi connectivity index (χ0v) is 20.6. The third-order valence-corrected chi connectivity index (χ3v) is 7.56. The van der Waals surface area contributed by atoms with Gasteiger partial charge < -0.3 is 4.57 Å². The van der Waals surface area contributed by atoms with Crippen LogP contribution in [0.3, 0.4) is 0 Å². The Bertz CT molecular complexity index is 2080. The van der Waals surface area contributed by atoms with Crippen molar-refractivity contribution in [1.29, 1.82) is 0 Å². The molecule has 0 aliphatic rings. The Morgan fingerprint density at radius 1 is 0.395 bits per heavy atom. The van der Waals surface area contributed by atoms with Crippen LogP contribution in [0.2, 0.25) is 0 Å². The Kier molecular flexibility index (Phi) is 4.52. The van der Waals surface area contributed by atoms with Gasteiger partial charge >= 0.3 is 0 Å². The Morgan fingerprint density at radius 3 is 1.87 bits per heavy atom. The molecule has 3 aromatic heterocycles. The number of hydrogen-bond donors (Lipinski definition) is 0. The van der Waals surface area contributed by atoms with Gasteiger partial charge in [0.05, 0.1) is 16.6 Å². The largest absolute Gasteiger partial charge is 0.309 e. The van der Waals surface area contributed by atoms with E-state index in [0.29, 0.717) is 0 Å². The second-order valence-electron chi connectivity index (χ2n) is 9.70. The molecule has 0 aliphatic heterocycles. The van der Waals surface area contributed by atoms with E-state index in [9.17, 15) is 0 Å². The van der Waals surface area contributed by atoms with E-state index in [1.807, 2.05) is 12.3 Å². The maximum Gasteiger partial charge on any atom is 0.145 e. The summed E-state index contributed by atoms with van der Waals surface area (Å²) < 4.78 is 4.63. The lowest BCUT2D eigenvalue weighted by Crippen LogP contribution is -1.95. The number of aromatic nitrogens is 3. The molecule has 0 N–H and O–H groups in total. The van der Waals surface area contributed by atoms with Gasteiger partial charge in [0, 0.05) is 39.1 Å². The van der Waals surface area contributed by atoms with Crippen molar-refractivity contribution in [3.63, 3.8) is 0 Å². The van der Waals surface area contributed by atoms with Gasteiger partial charge in [0.1, 0.15) is 5.65 Å². The molecule has 0 unspecified atom stereocenters. The first-order chi connectivity index (χ1) is 18.9. The van der Waals surface area contributed by atoms with Crippen LogP contribution in [-0.2, 0) is 0 Å². The van der Waals surface area contributed by atoms with Gasteiger partial charge in [-0.05, 0) is 71.8 Å². The topological polar surface area (TPSA) is 22.8 Å². The van der Waals surface area contributed by atoms with E-state index < -0.39 is 0 Å². The minimum absolute atomic E-state index is 0.979. The van der Waals surface area contributed by atoms with Crippen LogP contribution in [0.5, 0.6) is 0 Å². The molecule has 0 saturated heterocycles. The molecule has 0 fully saturated rings. The number of nitrogens with zero attached hydrogens (tertiary/aromatic N) is 3. The fourth-order valence-electron chi connectivity index (χ4n) is 5.89. The highest BCUT2D eigenvalue weighted by atomic mass is 15.0. The molecule has 0 atom stereocenters. The monoisotopic (exact) mass is 485 g/mol. The van der Waals surface area contributed by atoms with Crippen molar-refractivity contribution in [3.05, 3.63) is 140 Å². The number of para-hydroxylation sites is 3. The quantitative estimate of drug-likeness (QED) is 0.245. The molecule has 5 aromatic carbocycles. The summed E-state index contributed by atoms with van der Waals surface area (Å²) in [5.74, 6) is 0. The summed E-state index contributed by atoms with van der Waals surface area (Å²) in [6.07, 6.45) is 1.87. The van der Waals surface area contributed by atoms with Gasteiger partial charge in [0.25, 0.3) is 0 Å². The molecule has 0 bridgehead atoms. The molecular weight excluding hydrogens is 462 g/mol. The number of benzene rings is 5. The summed E-state index contributed by atoms with van der Waals surface area (Å²) in [5.41, 5.74) is 9.24. The molecule has 0 aliphatic carbocycles. The number of pyridine rings is 1. The summed E-state index contributed by atoms with van der Waals surface area (Å²) in [6.45, 7) is 0. The van der Waals surface area contributed by atoms with Crippen LogP contribution in [0.1, 0.15) is 0 Å². The van der Waals surface area contributed by atoms with Gasteiger partial charge in [0.2, 0.25) is 0 Å². The molecule has 0 amide bonds. The SMILES string of the molecule is c1ccc(-n2c3ccccc3c3cc(-c4cccc(-n5c6ccccc6c6cccnc65)c4)ccc32)cc1. The lowest BCUT2D eigenvalue weighted by molar-refractivity contribution is 1.14. The van der Waals surface area contributed by atoms with Crippen molar-refractivity contribution in [3.8, 4) is 22.5 Å². The average molecular weight is 486 g/mol. The van der Waals surface area contributed by atoms with Crippen molar-refractivity contribution < 1.29 is 0 Å². The van der Waals surface area contributed by atoms with E-state index in [-0.39, 0.29) is 0 Å². The van der Waals surface area contributed by atoms with E-state index >= 15 is 0 Å². The molecule has 8 rings (SSSR count). The molecular formula is C35H23N3. The summed E-state index contributed by atoms with van der Waals surface area (Å²) >= 11 is 0. The fraction of sp³-hybridized carbons (Fsp3) is 0. The molecule has 3 heterocycles. The normalized spacial score (nSPS) is 11.7. The molecule has 3 heteroatoms. The molecule has 0 spiro atoms. The van der Waals surface area contributed by atoms with Crippen molar-refractivity contribution in [2.45, 2.75) is 0 Å². The maximum atomic E-state index is 4.76. The van der Waals surface area contributed by atoms with Crippen molar-refractivity contribution in [2.24, 2.45) is 0 Å². The smallest absolute Gasteiger partial charge is 0.145 e. The summed E-state index contributed by atoms with van der Waals surface area (Å²) in [4.78, 5) is 4.76. The fourth-order valence-corrected chi connectivity index (χ4v) is 5.89. The van der Waals surface area contributed by atoms with Crippen LogP contribution in [0.4, 0.5) is 0 Å². The molecule has 0 saturated carbocycles. The highest BCUT2D eigenvalue weighted by Crippen LogP contribution is 2.36. The van der Waals surface area contributed by atoms with E-state index in [1.54, 1.807) is 0 Å². The van der Waals surface area contributed by atoms with Crippen LogP contribution in [0, 0.1) is 0 Å². The van der Waals surface area contributed by atoms with E-state index in [2.05, 4.69) is 137 Å². The minimum atomic E-state index is 0.979. The Labute approximate surface area is 219 Å². The third-order valence-electron chi connectivity index (χ3n) is 7.56. The highest BCUT2D eigenvalue weighted by Gasteiger charge is 2.15. The highest BCUT2D eigenvalue weighted by molar-refractivity contribution is 6.11. The number of fused-ring (bicyclic) bond motifs is 6. The maximum absolute atomic E-state index is 4.76. The van der Waals surface area contributed by atoms with E-state index in [4.69, 9.17) is 4.98 Å². The number of rotatable bonds is 3. The van der Waals surface area contributed by atoms with Crippen molar-refractivity contribution in [1.82, 2.24) is 14.1 Å². The van der Waals surface area contributed by atoms with E-state index in [1.165, 1.54) is 54.9 Å². The molecule has 38 heavy (non-hydrogen) atoms. The van der Waals surface area contributed by atoms with Gasteiger partial charge in [0.15, 0.2) is 0 Å². The Balaban J connectivity index is 1.34. The van der Waals surface area contributed by atoms with Crippen molar-refractivity contribution in [2.75, 3.05) is 0 Å². The first-order valence-electron chi connectivity index (χ1n) is 12.9. The second kappa shape index (κ2) is 8.19. The number of hydrogen-bond acceptors (Lipinski definition) is 1. The third kappa shape index (κ3) is 3.06. The van der Waals surface area contributed by atoms with Gasteiger partial charge in [-0.3, -0.25) is 4.57 Å². The molecule has 3 nitrogen and oxygen atoms in total. The predicted molar refractivity (Wildman–Crippen MR) is 158 cm³/mol. The zero-order chi connectivity index (χ0) is 25.1.